The van der Waals surface area contributed by atoms with Crippen LogP contribution in [-0.2, 0) is 16.4 Å². The largest absolute Gasteiger partial charge is 0.298 e. The molecule has 0 unspecified atom stereocenters. The molecule has 0 atom stereocenters. The Balaban J connectivity index is 2.09. The van der Waals surface area contributed by atoms with Crippen molar-refractivity contribution < 1.29 is 8.42 Å². The number of aromatic nitrogens is 4. The van der Waals surface area contributed by atoms with Gasteiger partial charge in [-0.1, -0.05) is 24.6 Å². The molecule has 0 saturated heterocycles. The van der Waals surface area contributed by atoms with Gasteiger partial charge in [-0.3, -0.25) is 14.6 Å². The molecule has 1 aromatic carbocycles. The predicted octanol–water partition coefficient (Wildman–Crippen LogP) is 2.10. The van der Waals surface area contributed by atoms with Crippen LogP contribution in [0.2, 0.25) is 0 Å². The van der Waals surface area contributed by atoms with Crippen LogP contribution in [0.1, 0.15) is 36.0 Å². The van der Waals surface area contributed by atoms with E-state index >= 15 is 0 Å². The van der Waals surface area contributed by atoms with Gasteiger partial charge in [0, 0.05) is 6.42 Å². The number of hydrogen-bond acceptors (Lipinski definition) is 5. The van der Waals surface area contributed by atoms with Crippen molar-refractivity contribution >= 4 is 21.5 Å². The van der Waals surface area contributed by atoms with Crippen molar-refractivity contribution in [3.63, 3.8) is 0 Å². The van der Waals surface area contributed by atoms with Crippen LogP contribution in [0, 0.1) is 20.8 Å². The molecule has 0 saturated carbocycles. The lowest BCUT2D eigenvalue weighted by atomic mass is 10.2. The molecule has 2 heterocycles. The van der Waals surface area contributed by atoms with E-state index in [1.54, 1.807) is 26.0 Å². The monoisotopic (exact) mass is 375 g/mol. The average Bonchev–Trinajstić information content (AvgIpc) is 2.94. The number of fused-ring (bicyclic) bond motifs is 1. The highest BCUT2D eigenvalue weighted by Crippen LogP contribution is 2.20. The van der Waals surface area contributed by atoms with Gasteiger partial charge in [0.15, 0.2) is 0 Å². The van der Waals surface area contributed by atoms with Crippen LogP contribution in [0.4, 0.5) is 5.69 Å². The van der Waals surface area contributed by atoms with Gasteiger partial charge in [-0.2, -0.15) is 9.50 Å². The first-order valence-corrected chi connectivity index (χ1v) is 9.79. The first kappa shape index (κ1) is 18.1. The number of aryl methyl sites for hydroxylation is 4. The van der Waals surface area contributed by atoms with Gasteiger partial charge < -0.3 is 0 Å². The van der Waals surface area contributed by atoms with Crippen LogP contribution in [0.15, 0.2) is 27.9 Å². The standard InChI is InChI=1S/C17H21N5O3S/c1-5-6-14-19-17-18-12(4)15(16(23)22(17)20-14)21-26(24,25)13-8-7-10(2)9-11(13)3/h7-9,21H,5-6H2,1-4H3,(H,18,19,20). The van der Waals surface area contributed by atoms with Crippen molar-refractivity contribution in [2.45, 2.75) is 45.4 Å². The summed E-state index contributed by atoms with van der Waals surface area (Å²) in [5.74, 6) is 0.858. The predicted molar refractivity (Wildman–Crippen MR) is 99.1 cm³/mol. The molecule has 2 aromatic heterocycles. The fourth-order valence-corrected chi connectivity index (χ4v) is 4.16. The number of nitrogens with zero attached hydrogens (tertiary/aromatic N) is 3. The van der Waals surface area contributed by atoms with Crippen molar-refractivity contribution in [3.8, 4) is 0 Å². The lowest BCUT2D eigenvalue weighted by Gasteiger charge is -2.11. The third-order valence-electron chi connectivity index (χ3n) is 4.07. The van der Waals surface area contributed by atoms with E-state index in [0.29, 0.717) is 17.8 Å². The van der Waals surface area contributed by atoms with E-state index < -0.39 is 15.6 Å². The Morgan fingerprint density at radius 1 is 1.19 bits per heavy atom. The van der Waals surface area contributed by atoms with E-state index in [1.807, 2.05) is 13.8 Å². The molecular weight excluding hydrogens is 354 g/mol. The minimum Gasteiger partial charge on any atom is -0.275 e. The Bertz CT molecular complexity index is 1150. The molecule has 3 rings (SSSR count). The van der Waals surface area contributed by atoms with Crippen LogP contribution in [0.5, 0.6) is 0 Å². The van der Waals surface area contributed by atoms with Gasteiger partial charge in [0.2, 0.25) is 0 Å². The van der Waals surface area contributed by atoms with Crippen molar-refractivity contribution in [2.75, 3.05) is 4.72 Å². The Morgan fingerprint density at radius 3 is 2.58 bits per heavy atom. The topological polar surface area (TPSA) is 109 Å². The van der Waals surface area contributed by atoms with E-state index in [2.05, 4.69) is 19.8 Å². The van der Waals surface area contributed by atoms with Crippen LogP contribution in [0.3, 0.4) is 0 Å². The Hall–Kier alpha value is -2.68. The molecule has 9 heteroatoms. The summed E-state index contributed by atoms with van der Waals surface area (Å²) >= 11 is 0. The number of H-pyrrole nitrogens is 1. The maximum Gasteiger partial charge on any atom is 0.298 e. The Labute approximate surface area is 151 Å². The SMILES string of the molecule is CCCc1nc2nc(C)c(NS(=O)(=O)c3ccc(C)cc3C)c(=O)n2[nH]1. The molecule has 0 radical (unpaired) electrons. The van der Waals surface area contributed by atoms with Crippen molar-refractivity contribution in [1.82, 2.24) is 19.6 Å². The number of rotatable bonds is 5. The van der Waals surface area contributed by atoms with E-state index in [4.69, 9.17) is 0 Å². The Kier molecular flexibility index (Phi) is 4.57. The lowest BCUT2D eigenvalue weighted by Crippen LogP contribution is -2.25. The zero-order chi connectivity index (χ0) is 19.1. The Morgan fingerprint density at radius 2 is 1.92 bits per heavy atom. The van der Waals surface area contributed by atoms with Crippen LogP contribution in [0.25, 0.3) is 5.78 Å². The van der Waals surface area contributed by atoms with Gasteiger partial charge in [-0.15, -0.1) is 0 Å². The average molecular weight is 375 g/mol. The number of hydrogen-bond donors (Lipinski definition) is 2. The number of benzene rings is 1. The second-order valence-electron chi connectivity index (χ2n) is 6.31. The molecule has 26 heavy (non-hydrogen) atoms. The second kappa shape index (κ2) is 6.56. The van der Waals surface area contributed by atoms with Gasteiger partial charge in [-0.05, 0) is 38.8 Å². The van der Waals surface area contributed by atoms with E-state index in [9.17, 15) is 13.2 Å². The summed E-state index contributed by atoms with van der Waals surface area (Å²) in [6.45, 7) is 7.18. The number of nitrogens with one attached hydrogen (secondary N) is 2. The van der Waals surface area contributed by atoms with E-state index in [1.165, 1.54) is 6.07 Å². The van der Waals surface area contributed by atoms with E-state index in [-0.39, 0.29) is 22.1 Å². The summed E-state index contributed by atoms with van der Waals surface area (Å²) in [5.41, 5.74) is 1.22. The first-order valence-electron chi connectivity index (χ1n) is 8.31. The van der Waals surface area contributed by atoms with Gasteiger partial charge >= 0.3 is 0 Å². The van der Waals surface area contributed by atoms with Gasteiger partial charge in [0.05, 0.1) is 10.6 Å². The van der Waals surface area contributed by atoms with Gasteiger partial charge in [0.1, 0.15) is 11.5 Å². The minimum atomic E-state index is -3.92. The smallest absolute Gasteiger partial charge is 0.275 e. The highest BCUT2D eigenvalue weighted by Gasteiger charge is 2.22. The summed E-state index contributed by atoms with van der Waals surface area (Å²) in [5, 5.41) is 2.87. The zero-order valence-corrected chi connectivity index (χ0v) is 15.9. The third-order valence-corrected chi connectivity index (χ3v) is 5.58. The van der Waals surface area contributed by atoms with Crippen LogP contribution in [-0.4, -0.2) is 28.0 Å². The van der Waals surface area contributed by atoms with Crippen LogP contribution < -0.4 is 10.3 Å². The fraction of sp³-hybridized carbons (Fsp3) is 0.353. The number of anilines is 1. The lowest BCUT2D eigenvalue weighted by molar-refractivity contribution is 0.600. The summed E-state index contributed by atoms with van der Waals surface area (Å²) in [6, 6.07) is 5.03. The van der Waals surface area contributed by atoms with Crippen molar-refractivity contribution in [1.29, 1.82) is 0 Å². The molecule has 138 valence electrons. The molecule has 8 nitrogen and oxygen atoms in total. The highest BCUT2D eigenvalue weighted by molar-refractivity contribution is 7.92. The summed E-state index contributed by atoms with van der Waals surface area (Å²) in [4.78, 5) is 21.4. The molecule has 0 spiro atoms. The molecule has 3 aromatic rings. The third kappa shape index (κ3) is 3.22. The first-order chi connectivity index (χ1) is 12.2. The molecule has 0 amide bonds. The fourth-order valence-electron chi connectivity index (χ4n) is 2.82. The maximum atomic E-state index is 12.8. The van der Waals surface area contributed by atoms with Crippen molar-refractivity contribution in [2.24, 2.45) is 0 Å². The second-order valence-corrected chi connectivity index (χ2v) is 7.96. The highest BCUT2D eigenvalue weighted by atomic mass is 32.2. The normalized spacial score (nSPS) is 11.8. The van der Waals surface area contributed by atoms with Gasteiger partial charge in [-0.25, -0.2) is 13.4 Å². The number of sulfonamides is 1. The molecule has 0 bridgehead atoms. The summed E-state index contributed by atoms with van der Waals surface area (Å²) in [7, 11) is -3.92. The molecule has 0 aliphatic carbocycles. The molecule has 0 aliphatic heterocycles. The summed E-state index contributed by atoms with van der Waals surface area (Å²) < 4.78 is 29.1. The zero-order valence-electron chi connectivity index (χ0n) is 15.1. The molecule has 0 fully saturated rings. The quantitative estimate of drug-likeness (QED) is 0.710. The summed E-state index contributed by atoms with van der Waals surface area (Å²) in [6.07, 6.45) is 1.53. The molecular formula is C17H21N5O3S. The molecule has 2 N–H and O–H groups in total. The molecule has 0 aliphatic rings. The van der Waals surface area contributed by atoms with Gasteiger partial charge in [0.25, 0.3) is 21.4 Å². The van der Waals surface area contributed by atoms with Crippen LogP contribution >= 0.6 is 0 Å². The minimum absolute atomic E-state index is 0.0887. The van der Waals surface area contributed by atoms with Crippen molar-refractivity contribution in [3.05, 3.63) is 51.2 Å². The number of aromatic amines is 1. The maximum absolute atomic E-state index is 12.8. The van der Waals surface area contributed by atoms with E-state index in [0.717, 1.165) is 16.5 Å².